The largest absolute Gasteiger partial charge is 0.463 e. The van der Waals surface area contributed by atoms with Crippen LogP contribution < -0.4 is 11.1 Å². The van der Waals surface area contributed by atoms with E-state index in [4.69, 9.17) is 24.7 Å². The minimum Gasteiger partial charge on any atom is -0.463 e. The molecule has 0 aliphatic carbocycles. The molecule has 1 atom stereocenters. The zero-order valence-corrected chi connectivity index (χ0v) is 19.8. The highest BCUT2D eigenvalue weighted by molar-refractivity contribution is 6.00. The lowest BCUT2D eigenvalue weighted by atomic mass is 9.79. The van der Waals surface area contributed by atoms with Gasteiger partial charge in [0.2, 0.25) is 0 Å². The van der Waals surface area contributed by atoms with Gasteiger partial charge in [-0.15, -0.1) is 0 Å². The summed E-state index contributed by atoms with van der Waals surface area (Å²) in [6, 6.07) is 5.71. The predicted octanol–water partition coefficient (Wildman–Crippen LogP) is 2.44. The van der Waals surface area contributed by atoms with Gasteiger partial charge in [-0.2, -0.15) is 0 Å². The summed E-state index contributed by atoms with van der Waals surface area (Å²) in [7, 11) is 0. The van der Waals surface area contributed by atoms with Crippen molar-refractivity contribution < 1.29 is 38.3 Å². The number of dihydropyridines is 1. The third-order valence-corrected chi connectivity index (χ3v) is 4.97. The van der Waals surface area contributed by atoms with Gasteiger partial charge in [0, 0.05) is 23.9 Å². The summed E-state index contributed by atoms with van der Waals surface area (Å²) in [6.45, 7) is 5.20. The van der Waals surface area contributed by atoms with E-state index in [9.17, 15) is 24.5 Å². The average molecular weight is 491 g/mol. The number of nitro benzene ring substituents is 1. The summed E-state index contributed by atoms with van der Waals surface area (Å²) in [4.78, 5) is 48.7. The number of hydrogen-bond donors (Lipinski definition) is 2. The molecule has 35 heavy (non-hydrogen) atoms. The standard InChI is InChI=1S/C23H29N3O9/c1-4-10-32-11-12-34-21(27)18-14(3)25-16(13-35-23(24)29)20(22(28)33-5-2)19(18)15-8-6-7-9-17(15)26(30)31/h6-9,19,25H,4-5,10-13H2,1-3H3,(H2,24,29). The maximum absolute atomic E-state index is 13.2. The fraction of sp³-hybridized carbons (Fsp3) is 0.435. The average Bonchev–Trinajstić information content (AvgIpc) is 2.81. The number of carbonyl (C=O) groups is 3. The quantitative estimate of drug-likeness (QED) is 0.146. The van der Waals surface area contributed by atoms with Gasteiger partial charge in [0.1, 0.15) is 13.2 Å². The van der Waals surface area contributed by atoms with Gasteiger partial charge >= 0.3 is 18.0 Å². The maximum atomic E-state index is 13.2. The lowest BCUT2D eigenvalue weighted by Gasteiger charge is -2.31. The van der Waals surface area contributed by atoms with Crippen LogP contribution >= 0.6 is 0 Å². The number of nitrogens with two attached hydrogens (primary N) is 1. The number of esters is 2. The molecule has 0 spiro atoms. The van der Waals surface area contributed by atoms with Crippen molar-refractivity contribution in [2.45, 2.75) is 33.1 Å². The third kappa shape index (κ3) is 7.03. The van der Waals surface area contributed by atoms with Gasteiger partial charge in [-0.25, -0.2) is 14.4 Å². The molecule has 0 aromatic heterocycles. The van der Waals surface area contributed by atoms with Gasteiger partial charge in [-0.3, -0.25) is 10.1 Å². The minimum absolute atomic E-state index is 0.00681. The van der Waals surface area contributed by atoms with Gasteiger partial charge < -0.3 is 30.0 Å². The SMILES string of the molecule is CCCOCCOC(=O)C1=C(C)NC(COC(N)=O)=C(C(=O)OCC)C1c1ccccc1[N+](=O)[O-]. The lowest BCUT2D eigenvalue weighted by molar-refractivity contribution is -0.385. The van der Waals surface area contributed by atoms with E-state index >= 15 is 0 Å². The minimum atomic E-state index is -1.24. The van der Waals surface area contributed by atoms with Crippen LogP contribution in [-0.2, 0) is 28.5 Å². The lowest BCUT2D eigenvalue weighted by Crippen LogP contribution is -2.36. The van der Waals surface area contributed by atoms with Crippen molar-refractivity contribution in [2.24, 2.45) is 5.73 Å². The number of primary amides is 1. The van der Waals surface area contributed by atoms with Crippen molar-refractivity contribution in [1.82, 2.24) is 5.32 Å². The van der Waals surface area contributed by atoms with Crippen molar-refractivity contribution in [1.29, 1.82) is 0 Å². The summed E-state index contributed by atoms with van der Waals surface area (Å²) < 4.78 is 20.7. The van der Waals surface area contributed by atoms with E-state index in [0.29, 0.717) is 6.61 Å². The van der Waals surface area contributed by atoms with Crippen LogP contribution in [0.3, 0.4) is 0 Å². The van der Waals surface area contributed by atoms with Crippen LogP contribution in [0.5, 0.6) is 0 Å². The third-order valence-electron chi connectivity index (χ3n) is 4.97. The molecular formula is C23H29N3O9. The second kappa shape index (κ2) is 13.1. The summed E-state index contributed by atoms with van der Waals surface area (Å²) in [5, 5.41) is 14.7. The topological polar surface area (TPSA) is 169 Å². The molecule has 1 amide bonds. The van der Waals surface area contributed by atoms with Crippen LogP contribution in [0.1, 0.15) is 38.7 Å². The molecule has 12 nitrogen and oxygen atoms in total. The molecule has 12 heteroatoms. The highest BCUT2D eigenvalue weighted by Crippen LogP contribution is 2.42. The first-order valence-electron chi connectivity index (χ1n) is 11.0. The second-order valence-electron chi connectivity index (χ2n) is 7.38. The van der Waals surface area contributed by atoms with Gasteiger partial charge in [-0.05, 0) is 20.3 Å². The molecular weight excluding hydrogens is 462 g/mol. The fourth-order valence-corrected chi connectivity index (χ4v) is 3.60. The van der Waals surface area contributed by atoms with E-state index in [0.717, 1.165) is 6.42 Å². The number of nitro groups is 1. The Hall–Kier alpha value is -3.93. The molecule has 3 N–H and O–H groups in total. The Morgan fingerprint density at radius 1 is 1.03 bits per heavy atom. The van der Waals surface area contributed by atoms with E-state index < -0.39 is 35.5 Å². The van der Waals surface area contributed by atoms with Crippen molar-refractivity contribution in [3.8, 4) is 0 Å². The van der Waals surface area contributed by atoms with Gasteiger partial charge in [-0.1, -0.05) is 25.1 Å². The summed E-state index contributed by atoms with van der Waals surface area (Å²) in [5.74, 6) is -2.89. The molecule has 1 aliphatic heterocycles. The first-order valence-corrected chi connectivity index (χ1v) is 11.0. The van der Waals surface area contributed by atoms with Crippen LogP contribution in [0, 0.1) is 10.1 Å². The monoisotopic (exact) mass is 491 g/mol. The van der Waals surface area contributed by atoms with E-state index in [1.165, 1.54) is 25.1 Å². The van der Waals surface area contributed by atoms with Gasteiger partial charge in [0.05, 0.1) is 40.9 Å². The number of amides is 1. The van der Waals surface area contributed by atoms with Crippen molar-refractivity contribution >= 4 is 23.7 Å². The van der Waals surface area contributed by atoms with E-state index in [1.54, 1.807) is 13.0 Å². The van der Waals surface area contributed by atoms with Crippen LogP contribution in [0.4, 0.5) is 10.5 Å². The second-order valence-corrected chi connectivity index (χ2v) is 7.38. The summed E-state index contributed by atoms with van der Waals surface area (Å²) in [5.41, 5.74) is 4.99. The number of carbonyl (C=O) groups excluding carboxylic acids is 3. The Balaban J connectivity index is 2.63. The molecule has 1 aliphatic rings. The molecule has 0 radical (unpaired) electrons. The Labute approximate surface area is 202 Å². The summed E-state index contributed by atoms with van der Waals surface area (Å²) in [6.07, 6.45) is -0.296. The van der Waals surface area contributed by atoms with E-state index in [-0.39, 0.29) is 53.6 Å². The number of nitrogens with zero attached hydrogens (tertiary/aromatic N) is 1. The Bertz CT molecular complexity index is 1030. The number of para-hydroxylation sites is 1. The number of hydrogen-bond acceptors (Lipinski definition) is 10. The first-order chi connectivity index (χ1) is 16.7. The summed E-state index contributed by atoms with van der Waals surface area (Å²) >= 11 is 0. The zero-order valence-electron chi connectivity index (χ0n) is 19.8. The molecule has 1 aromatic rings. The molecule has 2 rings (SSSR count). The highest BCUT2D eigenvalue weighted by Gasteiger charge is 2.41. The normalized spacial score (nSPS) is 15.3. The highest BCUT2D eigenvalue weighted by atomic mass is 16.6. The van der Waals surface area contributed by atoms with Crippen LogP contribution in [0.25, 0.3) is 0 Å². The first kappa shape index (κ1) is 27.3. The molecule has 1 aromatic carbocycles. The number of allylic oxidation sites excluding steroid dienone is 1. The number of rotatable bonds is 12. The number of nitrogens with one attached hydrogen (secondary N) is 1. The van der Waals surface area contributed by atoms with Crippen molar-refractivity contribution in [3.05, 3.63) is 62.5 Å². The molecule has 0 saturated carbocycles. The van der Waals surface area contributed by atoms with Gasteiger partial charge in [0.25, 0.3) is 5.69 Å². The number of ether oxygens (including phenoxy) is 4. The molecule has 0 bridgehead atoms. The molecule has 0 saturated heterocycles. The molecule has 1 heterocycles. The Kier molecular flexibility index (Phi) is 10.2. The Morgan fingerprint density at radius 2 is 1.71 bits per heavy atom. The Morgan fingerprint density at radius 3 is 2.34 bits per heavy atom. The van der Waals surface area contributed by atoms with Crippen molar-refractivity contribution in [3.63, 3.8) is 0 Å². The predicted molar refractivity (Wildman–Crippen MR) is 123 cm³/mol. The smallest absolute Gasteiger partial charge is 0.404 e. The molecule has 190 valence electrons. The van der Waals surface area contributed by atoms with Crippen LogP contribution in [0.2, 0.25) is 0 Å². The van der Waals surface area contributed by atoms with E-state index in [1.807, 2.05) is 6.92 Å². The maximum Gasteiger partial charge on any atom is 0.404 e. The van der Waals surface area contributed by atoms with Crippen LogP contribution in [0.15, 0.2) is 46.8 Å². The molecule has 0 fully saturated rings. The molecule has 1 unspecified atom stereocenters. The van der Waals surface area contributed by atoms with Gasteiger partial charge in [0.15, 0.2) is 0 Å². The fourth-order valence-electron chi connectivity index (χ4n) is 3.60. The van der Waals surface area contributed by atoms with Crippen molar-refractivity contribution in [2.75, 3.05) is 33.0 Å². The zero-order chi connectivity index (χ0) is 26.0. The van der Waals surface area contributed by atoms with Crippen LogP contribution in [-0.4, -0.2) is 56.0 Å². The number of benzene rings is 1. The van der Waals surface area contributed by atoms with E-state index in [2.05, 4.69) is 5.32 Å².